The number of aromatic nitrogens is 1. The molecule has 21 heavy (non-hydrogen) atoms. The summed E-state index contributed by atoms with van der Waals surface area (Å²) in [5, 5.41) is 10.3. The maximum atomic E-state index is 11.4. The second kappa shape index (κ2) is 5.32. The first-order valence-electron chi connectivity index (χ1n) is 6.63. The van der Waals surface area contributed by atoms with E-state index in [2.05, 4.69) is 0 Å². The van der Waals surface area contributed by atoms with E-state index in [1.54, 1.807) is 19.2 Å². The fourth-order valence-electron chi connectivity index (χ4n) is 2.49. The molecule has 0 aliphatic rings. The van der Waals surface area contributed by atoms with Crippen LogP contribution in [0, 0.1) is 0 Å². The lowest BCUT2D eigenvalue weighted by atomic mass is 10.1. The molecule has 0 unspecified atom stereocenters. The fourth-order valence-corrected chi connectivity index (χ4v) is 2.49. The maximum Gasteiger partial charge on any atom is 0.337 e. The molecular weight excluding hydrogens is 266 g/mol. The standard InChI is InChI=1S/C17H15NO3/c1-21-14-7-5-12(6-8-14)11-18-10-9-13-3-2-4-15(16(13)18)17(19)20/h2-10H,11H2,1H3,(H,19,20). The topological polar surface area (TPSA) is 51.5 Å². The number of aromatic carboxylic acids is 1. The normalized spacial score (nSPS) is 10.7. The zero-order valence-corrected chi connectivity index (χ0v) is 11.6. The minimum Gasteiger partial charge on any atom is -0.497 e. The van der Waals surface area contributed by atoms with E-state index in [0.717, 1.165) is 22.2 Å². The molecule has 2 aromatic carbocycles. The van der Waals surface area contributed by atoms with Crippen molar-refractivity contribution in [2.24, 2.45) is 0 Å². The Bertz CT molecular complexity index is 787. The van der Waals surface area contributed by atoms with Gasteiger partial charge in [-0.25, -0.2) is 4.79 Å². The summed E-state index contributed by atoms with van der Waals surface area (Å²) in [5.74, 6) is -0.0994. The Hall–Kier alpha value is -2.75. The summed E-state index contributed by atoms with van der Waals surface area (Å²) in [6.45, 7) is 0.623. The molecule has 106 valence electrons. The lowest BCUT2D eigenvalue weighted by Gasteiger charge is -2.08. The molecule has 0 saturated carbocycles. The number of para-hydroxylation sites is 1. The van der Waals surface area contributed by atoms with Crippen molar-refractivity contribution in [2.45, 2.75) is 6.54 Å². The second-order valence-electron chi connectivity index (χ2n) is 4.84. The number of carboxylic acid groups (broad SMARTS) is 1. The van der Waals surface area contributed by atoms with Gasteiger partial charge in [-0.15, -0.1) is 0 Å². The van der Waals surface area contributed by atoms with Crippen LogP contribution in [0.25, 0.3) is 10.9 Å². The Morgan fingerprint density at radius 1 is 1.14 bits per heavy atom. The molecular formula is C17H15NO3. The van der Waals surface area contributed by atoms with Gasteiger partial charge in [-0.3, -0.25) is 0 Å². The molecule has 0 spiro atoms. The lowest BCUT2D eigenvalue weighted by Crippen LogP contribution is -2.04. The van der Waals surface area contributed by atoms with Crippen molar-refractivity contribution >= 4 is 16.9 Å². The summed E-state index contributed by atoms with van der Waals surface area (Å²) in [5.41, 5.74) is 2.17. The lowest BCUT2D eigenvalue weighted by molar-refractivity contribution is 0.0698. The molecule has 0 atom stereocenters. The minimum atomic E-state index is -0.907. The highest BCUT2D eigenvalue weighted by Gasteiger charge is 2.12. The third kappa shape index (κ3) is 2.48. The number of ether oxygens (including phenoxy) is 1. The minimum absolute atomic E-state index is 0.325. The van der Waals surface area contributed by atoms with Gasteiger partial charge in [-0.2, -0.15) is 0 Å². The Balaban J connectivity index is 2.02. The van der Waals surface area contributed by atoms with E-state index in [1.807, 2.05) is 47.2 Å². The van der Waals surface area contributed by atoms with Crippen LogP contribution in [0.2, 0.25) is 0 Å². The quantitative estimate of drug-likeness (QED) is 0.797. The number of nitrogens with zero attached hydrogens (tertiary/aromatic N) is 1. The molecule has 0 radical (unpaired) electrons. The molecule has 3 aromatic rings. The highest BCUT2D eigenvalue weighted by atomic mass is 16.5. The first kappa shape index (κ1) is 13.2. The van der Waals surface area contributed by atoms with Crippen molar-refractivity contribution in [1.29, 1.82) is 0 Å². The van der Waals surface area contributed by atoms with Crippen LogP contribution in [0.4, 0.5) is 0 Å². The van der Waals surface area contributed by atoms with E-state index in [-0.39, 0.29) is 0 Å². The Morgan fingerprint density at radius 3 is 2.57 bits per heavy atom. The largest absolute Gasteiger partial charge is 0.497 e. The van der Waals surface area contributed by atoms with Crippen molar-refractivity contribution in [2.75, 3.05) is 7.11 Å². The predicted octanol–water partition coefficient (Wildman–Crippen LogP) is 3.40. The smallest absolute Gasteiger partial charge is 0.337 e. The number of benzene rings is 2. The zero-order valence-electron chi connectivity index (χ0n) is 11.6. The van der Waals surface area contributed by atoms with Gasteiger partial charge in [0.2, 0.25) is 0 Å². The first-order chi connectivity index (χ1) is 10.2. The van der Waals surface area contributed by atoms with Crippen LogP contribution in [-0.2, 0) is 6.54 Å². The number of hydrogen-bond acceptors (Lipinski definition) is 2. The number of carbonyl (C=O) groups is 1. The van der Waals surface area contributed by atoms with Gasteiger partial charge in [-0.05, 0) is 29.8 Å². The van der Waals surface area contributed by atoms with Gasteiger partial charge in [0, 0.05) is 18.1 Å². The Kier molecular flexibility index (Phi) is 3.36. The summed E-state index contributed by atoms with van der Waals surface area (Å²) in [6, 6.07) is 15.0. The molecule has 4 nitrogen and oxygen atoms in total. The van der Waals surface area contributed by atoms with Crippen LogP contribution in [0.1, 0.15) is 15.9 Å². The van der Waals surface area contributed by atoms with E-state index in [4.69, 9.17) is 4.74 Å². The van der Waals surface area contributed by atoms with Crippen LogP contribution in [0.3, 0.4) is 0 Å². The molecule has 1 heterocycles. The number of methoxy groups -OCH3 is 1. The molecule has 0 aliphatic carbocycles. The van der Waals surface area contributed by atoms with Gasteiger partial charge >= 0.3 is 5.97 Å². The average Bonchev–Trinajstić information content (AvgIpc) is 2.91. The fraction of sp³-hybridized carbons (Fsp3) is 0.118. The van der Waals surface area contributed by atoms with Crippen LogP contribution in [0.15, 0.2) is 54.7 Å². The van der Waals surface area contributed by atoms with Gasteiger partial charge < -0.3 is 14.4 Å². The van der Waals surface area contributed by atoms with E-state index in [0.29, 0.717) is 12.1 Å². The molecule has 4 heteroatoms. The number of rotatable bonds is 4. The molecule has 0 saturated heterocycles. The first-order valence-corrected chi connectivity index (χ1v) is 6.63. The summed E-state index contributed by atoms with van der Waals surface area (Å²) in [6.07, 6.45) is 1.92. The van der Waals surface area contributed by atoms with Gasteiger partial charge in [0.15, 0.2) is 0 Å². The third-order valence-corrected chi connectivity index (χ3v) is 3.53. The average molecular weight is 281 g/mol. The SMILES string of the molecule is COc1ccc(Cn2ccc3cccc(C(=O)O)c32)cc1. The van der Waals surface area contributed by atoms with Gasteiger partial charge in [0.25, 0.3) is 0 Å². The molecule has 0 amide bonds. The molecule has 3 rings (SSSR count). The highest BCUT2D eigenvalue weighted by molar-refractivity contribution is 6.02. The molecule has 1 aromatic heterocycles. The molecule has 0 bridgehead atoms. The van der Waals surface area contributed by atoms with E-state index < -0.39 is 5.97 Å². The van der Waals surface area contributed by atoms with Crippen molar-refractivity contribution < 1.29 is 14.6 Å². The molecule has 0 fully saturated rings. The Morgan fingerprint density at radius 2 is 1.90 bits per heavy atom. The number of hydrogen-bond donors (Lipinski definition) is 1. The van der Waals surface area contributed by atoms with Crippen LogP contribution >= 0.6 is 0 Å². The summed E-state index contributed by atoms with van der Waals surface area (Å²) in [7, 11) is 1.63. The van der Waals surface area contributed by atoms with Crippen molar-refractivity contribution in [3.8, 4) is 5.75 Å². The Labute approximate surface area is 122 Å². The molecule has 0 aliphatic heterocycles. The second-order valence-corrected chi connectivity index (χ2v) is 4.84. The van der Waals surface area contributed by atoms with E-state index in [9.17, 15) is 9.90 Å². The highest BCUT2D eigenvalue weighted by Crippen LogP contribution is 2.22. The van der Waals surface area contributed by atoms with Crippen molar-refractivity contribution in [3.05, 3.63) is 65.9 Å². The maximum absolute atomic E-state index is 11.4. The van der Waals surface area contributed by atoms with Crippen LogP contribution < -0.4 is 4.74 Å². The van der Waals surface area contributed by atoms with E-state index >= 15 is 0 Å². The third-order valence-electron chi connectivity index (χ3n) is 3.53. The van der Waals surface area contributed by atoms with Gasteiger partial charge in [-0.1, -0.05) is 24.3 Å². The predicted molar refractivity (Wildman–Crippen MR) is 81.0 cm³/mol. The van der Waals surface area contributed by atoms with Crippen molar-refractivity contribution in [1.82, 2.24) is 4.57 Å². The van der Waals surface area contributed by atoms with Crippen LogP contribution in [-0.4, -0.2) is 22.8 Å². The summed E-state index contributed by atoms with van der Waals surface area (Å²) < 4.78 is 7.10. The van der Waals surface area contributed by atoms with Crippen LogP contribution in [0.5, 0.6) is 5.75 Å². The van der Waals surface area contributed by atoms with Gasteiger partial charge in [0.1, 0.15) is 5.75 Å². The van der Waals surface area contributed by atoms with E-state index in [1.165, 1.54) is 0 Å². The van der Waals surface area contributed by atoms with Crippen molar-refractivity contribution in [3.63, 3.8) is 0 Å². The summed E-state index contributed by atoms with van der Waals surface area (Å²) >= 11 is 0. The van der Waals surface area contributed by atoms with Gasteiger partial charge in [0.05, 0.1) is 18.2 Å². The number of fused-ring (bicyclic) bond motifs is 1. The monoisotopic (exact) mass is 281 g/mol. The molecule has 1 N–H and O–H groups in total. The zero-order chi connectivity index (χ0) is 14.8. The summed E-state index contributed by atoms with van der Waals surface area (Å²) in [4.78, 5) is 11.4. The number of carboxylic acids is 1.